The monoisotopic (exact) mass is 450 g/mol. The topological polar surface area (TPSA) is 116 Å². The summed E-state index contributed by atoms with van der Waals surface area (Å²) in [6.45, 7) is 4.27. The fourth-order valence-corrected chi connectivity index (χ4v) is 4.06. The van der Waals surface area contributed by atoms with Crippen LogP contribution in [0, 0.1) is 0 Å². The number of benzene rings is 2. The first-order valence-corrected chi connectivity index (χ1v) is 11.1. The van der Waals surface area contributed by atoms with Crippen LogP contribution in [0.15, 0.2) is 59.8 Å². The molecule has 0 saturated carbocycles. The molecule has 0 aliphatic carbocycles. The smallest absolute Gasteiger partial charge is 0.344 e. The Labute approximate surface area is 189 Å². The Morgan fingerprint density at radius 2 is 1.81 bits per heavy atom. The van der Waals surface area contributed by atoms with Crippen LogP contribution in [0.1, 0.15) is 19.4 Å². The summed E-state index contributed by atoms with van der Waals surface area (Å²) in [5.41, 5.74) is 2.53. The van der Waals surface area contributed by atoms with Gasteiger partial charge in [0.1, 0.15) is 11.4 Å². The Morgan fingerprint density at radius 3 is 2.56 bits per heavy atom. The van der Waals surface area contributed by atoms with Crippen molar-refractivity contribution < 1.29 is 14.4 Å². The van der Waals surface area contributed by atoms with Crippen LogP contribution in [-0.2, 0) is 15.1 Å². The molecule has 1 unspecified atom stereocenters. The summed E-state index contributed by atoms with van der Waals surface area (Å²) in [4.78, 5) is 46.8. The Bertz CT molecular complexity index is 1190. The molecule has 4 amide bonds. The summed E-state index contributed by atoms with van der Waals surface area (Å²) in [5, 5.41) is 7.89. The number of aromatic nitrogens is 2. The minimum absolute atomic E-state index is 0.0665. The Kier molecular flexibility index (Phi) is 5.95. The van der Waals surface area contributed by atoms with Crippen molar-refractivity contribution in [2.75, 3.05) is 17.6 Å². The second kappa shape index (κ2) is 8.83. The van der Waals surface area contributed by atoms with Crippen molar-refractivity contribution in [2.24, 2.45) is 0 Å². The lowest BCUT2D eigenvalue weighted by Crippen LogP contribution is -2.48. The van der Waals surface area contributed by atoms with Gasteiger partial charge < -0.3 is 10.6 Å². The van der Waals surface area contributed by atoms with Crippen molar-refractivity contribution >= 4 is 46.3 Å². The number of rotatable bonds is 7. The minimum atomic E-state index is -1.25. The van der Waals surface area contributed by atoms with Crippen molar-refractivity contribution in [1.82, 2.24) is 25.7 Å². The molecule has 1 atom stereocenters. The number of anilines is 1. The number of thioether (sulfide) groups is 1. The second-order valence-electron chi connectivity index (χ2n) is 7.29. The van der Waals surface area contributed by atoms with E-state index in [1.807, 2.05) is 37.3 Å². The van der Waals surface area contributed by atoms with Gasteiger partial charge in [-0.3, -0.25) is 15.0 Å². The first kappa shape index (κ1) is 21.6. The highest BCUT2D eigenvalue weighted by Crippen LogP contribution is 2.28. The van der Waals surface area contributed by atoms with Gasteiger partial charge in [-0.2, -0.15) is 5.01 Å². The highest BCUT2D eigenvalue weighted by atomic mass is 32.2. The Hall–Kier alpha value is -3.66. The van der Waals surface area contributed by atoms with E-state index < -0.39 is 23.4 Å². The summed E-state index contributed by atoms with van der Waals surface area (Å²) in [6.07, 6.45) is 0. The number of urea groups is 1. The second-order valence-corrected chi connectivity index (χ2v) is 8.23. The molecule has 2 aromatic carbocycles. The van der Waals surface area contributed by atoms with E-state index in [0.717, 1.165) is 27.7 Å². The number of fused-ring (bicyclic) bond motifs is 1. The van der Waals surface area contributed by atoms with Crippen LogP contribution in [0.25, 0.3) is 10.9 Å². The van der Waals surface area contributed by atoms with Gasteiger partial charge in [-0.25, -0.2) is 14.8 Å². The summed E-state index contributed by atoms with van der Waals surface area (Å²) in [7, 11) is 0. The molecular weight excluding hydrogens is 428 g/mol. The van der Waals surface area contributed by atoms with E-state index in [-0.39, 0.29) is 5.75 Å². The lowest BCUT2D eigenvalue weighted by molar-refractivity contribution is -0.138. The van der Waals surface area contributed by atoms with Crippen LogP contribution >= 0.6 is 11.8 Å². The third-order valence-electron chi connectivity index (χ3n) is 5.04. The molecule has 0 spiro atoms. The van der Waals surface area contributed by atoms with Crippen LogP contribution < -0.4 is 16.1 Å². The highest BCUT2D eigenvalue weighted by molar-refractivity contribution is 7.99. The predicted molar refractivity (Wildman–Crippen MR) is 122 cm³/mol. The van der Waals surface area contributed by atoms with Gasteiger partial charge in [0.05, 0.1) is 11.3 Å². The molecule has 1 saturated heterocycles. The van der Waals surface area contributed by atoms with Crippen molar-refractivity contribution in [2.45, 2.75) is 24.5 Å². The lowest BCUT2D eigenvalue weighted by Gasteiger charge is -2.22. The molecule has 0 bridgehead atoms. The normalized spacial score (nSPS) is 18.0. The zero-order valence-corrected chi connectivity index (χ0v) is 18.4. The van der Waals surface area contributed by atoms with Crippen LogP contribution in [0.2, 0.25) is 0 Å². The number of nitrogens with zero attached hydrogens (tertiary/aromatic N) is 3. The molecule has 1 aliphatic rings. The van der Waals surface area contributed by atoms with Crippen LogP contribution in [0.5, 0.6) is 0 Å². The molecule has 4 rings (SSSR count). The summed E-state index contributed by atoms with van der Waals surface area (Å²) < 4.78 is 0. The van der Waals surface area contributed by atoms with Crippen molar-refractivity contribution in [1.29, 1.82) is 0 Å². The largest absolute Gasteiger partial charge is 0.370 e. The molecule has 1 fully saturated rings. The third kappa shape index (κ3) is 4.09. The fourth-order valence-electron chi connectivity index (χ4n) is 3.42. The zero-order valence-electron chi connectivity index (χ0n) is 17.6. The van der Waals surface area contributed by atoms with Gasteiger partial charge in [0.15, 0.2) is 5.16 Å². The summed E-state index contributed by atoms with van der Waals surface area (Å²) in [6, 6.07) is 15.8. The molecule has 3 aromatic rings. The molecule has 1 aromatic heterocycles. The number of para-hydroxylation sites is 1. The number of nitrogens with one attached hydrogen (secondary N) is 3. The van der Waals surface area contributed by atoms with E-state index in [1.54, 1.807) is 31.2 Å². The number of amides is 4. The van der Waals surface area contributed by atoms with Gasteiger partial charge in [-0.15, -0.1) is 0 Å². The highest BCUT2D eigenvalue weighted by Gasteiger charge is 2.49. The van der Waals surface area contributed by atoms with E-state index in [1.165, 1.54) is 0 Å². The molecule has 32 heavy (non-hydrogen) atoms. The lowest BCUT2D eigenvalue weighted by atomic mass is 9.92. The van der Waals surface area contributed by atoms with Gasteiger partial charge in [0.2, 0.25) is 5.91 Å². The standard InChI is InChI=1S/C22H22N6O3S/c1-3-23-18-15-11-7-8-12-16(15)24-20(25-18)32-13-17(29)27-28-19(30)22(2,26-21(28)31)14-9-5-4-6-10-14/h4-12H,3,13H2,1-2H3,(H,26,31)(H,27,29)(H,23,24,25). The SMILES string of the molecule is CCNc1nc(SCC(=O)NN2C(=O)NC(C)(c3ccccc3)C2=O)nc2ccccc12. The quantitative estimate of drug-likeness (QED) is 0.288. The third-order valence-corrected chi connectivity index (χ3v) is 5.89. The molecule has 0 radical (unpaired) electrons. The first-order valence-electron chi connectivity index (χ1n) is 10.1. The number of imide groups is 1. The number of hydrogen-bond donors (Lipinski definition) is 3. The van der Waals surface area contributed by atoms with E-state index in [9.17, 15) is 14.4 Å². The number of carbonyl (C=O) groups excluding carboxylic acids is 3. The molecular formula is C22H22N6O3S. The van der Waals surface area contributed by atoms with Crippen LogP contribution in [-0.4, -0.2) is 45.1 Å². The van der Waals surface area contributed by atoms with E-state index in [2.05, 4.69) is 26.0 Å². The average molecular weight is 451 g/mol. The fraction of sp³-hybridized carbons (Fsp3) is 0.227. The van der Waals surface area contributed by atoms with Gasteiger partial charge in [-0.1, -0.05) is 54.2 Å². The molecule has 2 heterocycles. The predicted octanol–water partition coefficient (Wildman–Crippen LogP) is 2.65. The zero-order chi connectivity index (χ0) is 22.7. The van der Waals surface area contributed by atoms with Gasteiger partial charge in [0, 0.05) is 11.9 Å². The Morgan fingerprint density at radius 1 is 1.09 bits per heavy atom. The van der Waals surface area contributed by atoms with Gasteiger partial charge >= 0.3 is 6.03 Å². The number of hydrogen-bond acceptors (Lipinski definition) is 7. The maximum Gasteiger partial charge on any atom is 0.344 e. The Balaban J connectivity index is 1.44. The minimum Gasteiger partial charge on any atom is -0.370 e. The molecule has 164 valence electrons. The van der Waals surface area contributed by atoms with Crippen molar-refractivity contribution in [3.8, 4) is 0 Å². The number of hydrazine groups is 1. The van der Waals surface area contributed by atoms with E-state index in [4.69, 9.17) is 0 Å². The van der Waals surface area contributed by atoms with Crippen LogP contribution in [0.3, 0.4) is 0 Å². The molecule has 3 N–H and O–H groups in total. The maximum atomic E-state index is 12.9. The van der Waals surface area contributed by atoms with Gasteiger partial charge in [-0.05, 0) is 31.5 Å². The van der Waals surface area contributed by atoms with Gasteiger partial charge in [0.25, 0.3) is 5.91 Å². The van der Waals surface area contributed by atoms with E-state index in [0.29, 0.717) is 23.1 Å². The average Bonchev–Trinajstić information content (AvgIpc) is 3.02. The summed E-state index contributed by atoms with van der Waals surface area (Å²) >= 11 is 1.12. The van der Waals surface area contributed by atoms with Crippen molar-refractivity contribution in [3.05, 3.63) is 60.2 Å². The first-order chi connectivity index (χ1) is 15.4. The number of carbonyl (C=O) groups is 3. The van der Waals surface area contributed by atoms with Crippen LogP contribution in [0.4, 0.5) is 10.6 Å². The van der Waals surface area contributed by atoms with E-state index >= 15 is 0 Å². The maximum absolute atomic E-state index is 12.9. The molecule has 1 aliphatic heterocycles. The molecule has 9 nitrogen and oxygen atoms in total. The van der Waals surface area contributed by atoms with Crippen molar-refractivity contribution in [3.63, 3.8) is 0 Å². The molecule has 10 heteroatoms. The summed E-state index contributed by atoms with van der Waals surface area (Å²) in [5.74, 6) is -0.446.